The molecule has 0 aromatic carbocycles. The van der Waals surface area contributed by atoms with Gasteiger partial charge in [-0.2, -0.15) is 0 Å². The van der Waals surface area contributed by atoms with Gasteiger partial charge in [-0.15, -0.1) is 6.58 Å². The van der Waals surface area contributed by atoms with Crippen LogP contribution in [0, 0.1) is 52.3 Å². The molecule has 1 nitrogen and oxygen atoms in total. The highest BCUT2D eigenvalue weighted by molar-refractivity contribution is 5.82. The van der Waals surface area contributed by atoms with Gasteiger partial charge in [0.1, 0.15) is 5.78 Å². The van der Waals surface area contributed by atoms with Gasteiger partial charge in [0, 0.05) is 12.8 Å². The van der Waals surface area contributed by atoms with Crippen LogP contribution in [0.4, 0.5) is 0 Å². The molecule has 31 heavy (non-hydrogen) atoms. The summed E-state index contributed by atoms with van der Waals surface area (Å²) in [6.07, 6.45) is 18.3. The molecule has 3 fully saturated rings. The lowest BCUT2D eigenvalue weighted by molar-refractivity contribution is -0.123. The molecule has 0 saturated heterocycles. The number of fused-ring (bicyclic) bond motifs is 5. The fourth-order valence-corrected chi connectivity index (χ4v) is 9.08. The molecule has 4 aliphatic rings. The summed E-state index contributed by atoms with van der Waals surface area (Å²) in [5.41, 5.74) is 2.29. The van der Waals surface area contributed by atoms with E-state index in [0.717, 1.165) is 61.2 Å². The van der Waals surface area contributed by atoms with Gasteiger partial charge in [0.25, 0.3) is 0 Å². The number of hydrogen-bond acceptors (Lipinski definition) is 1. The van der Waals surface area contributed by atoms with E-state index in [1.165, 1.54) is 50.5 Å². The Morgan fingerprint density at radius 3 is 2.58 bits per heavy atom. The number of carbonyl (C=O) groups is 1. The number of hydrogen-bond donors (Lipinski definition) is 0. The van der Waals surface area contributed by atoms with Crippen LogP contribution in [-0.4, -0.2) is 5.78 Å². The van der Waals surface area contributed by atoms with Crippen LogP contribution in [0.1, 0.15) is 105 Å². The van der Waals surface area contributed by atoms with Crippen molar-refractivity contribution in [1.82, 2.24) is 0 Å². The molecule has 8 atom stereocenters. The van der Waals surface area contributed by atoms with E-state index < -0.39 is 0 Å². The van der Waals surface area contributed by atoms with E-state index in [2.05, 4.69) is 53.3 Å². The average molecular weight is 425 g/mol. The first-order chi connectivity index (χ1) is 14.7. The summed E-state index contributed by atoms with van der Waals surface area (Å²) in [5.74, 6) is 6.11. The zero-order valence-corrected chi connectivity index (χ0v) is 21.1. The van der Waals surface area contributed by atoms with Gasteiger partial charge in [0.2, 0.25) is 0 Å². The maximum absolute atomic E-state index is 12.3. The maximum atomic E-state index is 12.3. The molecule has 0 amide bonds. The second-order valence-corrected chi connectivity index (χ2v) is 12.8. The highest BCUT2D eigenvalue weighted by atomic mass is 16.1. The number of rotatable bonds is 7. The third kappa shape index (κ3) is 4.02. The smallest absolute Gasteiger partial charge is 0.136 e. The topological polar surface area (TPSA) is 17.1 Å². The van der Waals surface area contributed by atoms with Gasteiger partial charge in [-0.1, -0.05) is 71.6 Å². The number of Topliss-reactive ketones (excluding diaryl/α,β-unsaturated/α-hetero) is 1. The van der Waals surface area contributed by atoms with E-state index in [1.807, 2.05) is 0 Å². The van der Waals surface area contributed by atoms with Crippen molar-refractivity contribution in [3.63, 3.8) is 0 Å². The molecular formula is C30H48O. The van der Waals surface area contributed by atoms with Crippen LogP contribution >= 0.6 is 0 Å². The van der Waals surface area contributed by atoms with Crippen molar-refractivity contribution in [3.05, 3.63) is 24.3 Å². The molecule has 174 valence electrons. The SMILES string of the molecule is C=CC[C@H]1C=C2CC(=O)CC[C@]2(C)[C@H]2CC[C@]3(C)[C@@H]([C@H](C)CCCC(C)C)CC[C@H]3[C@H]12. The molecule has 0 unspecified atom stereocenters. The molecular weight excluding hydrogens is 376 g/mol. The molecule has 0 heterocycles. The van der Waals surface area contributed by atoms with Gasteiger partial charge in [0.05, 0.1) is 0 Å². The molecule has 0 aromatic heterocycles. The molecule has 0 N–H and O–H groups in total. The van der Waals surface area contributed by atoms with Crippen molar-refractivity contribution in [3.8, 4) is 0 Å². The molecule has 0 bridgehead atoms. The van der Waals surface area contributed by atoms with E-state index in [0.29, 0.717) is 17.1 Å². The lowest BCUT2D eigenvalue weighted by Crippen LogP contribution is -2.53. The Hall–Kier alpha value is -0.850. The van der Waals surface area contributed by atoms with Crippen molar-refractivity contribution < 1.29 is 4.79 Å². The molecule has 4 rings (SSSR count). The molecule has 4 aliphatic carbocycles. The minimum absolute atomic E-state index is 0.276. The summed E-state index contributed by atoms with van der Waals surface area (Å²) < 4.78 is 0. The lowest BCUT2D eigenvalue weighted by atomic mass is 9.45. The molecule has 0 spiro atoms. The summed E-state index contributed by atoms with van der Waals surface area (Å²) in [6.45, 7) is 16.6. The predicted molar refractivity (Wildman–Crippen MR) is 132 cm³/mol. The van der Waals surface area contributed by atoms with E-state index in [1.54, 1.807) is 0 Å². The van der Waals surface area contributed by atoms with Crippen LogP contribution in [-0.2, 0) is 4.79 Å². The van der Waals surface area contributed by atoms with E-state index in [4.69, 9.17) is 0 Å². The Morgan fingerprint density at radius 2 is 1.87 bits per heavy atom. The third-order valence-electron chi connectivity index (χ3n) is 10.7. The molecule has 0 radical (unpaired) electrons. The summed E-state index contributed by atoms with van der Waals surface area (Å²) in [5, 5.41) is 0. The fraction of sp³-hybridized carbons (Fsp3) is 0.833. The van der Waals surface area contributed by atoms with Crippen LogP contribution in [0.3, 0.4) is 0 Å². The molecule has 1 heteroatoms. The Labute approximate surface area is 192 Å². The largest absolute Gasteiger partial charge is 0.299 e. The second-order valence-electron chi connectivity index (χ2n) is 12.8. The van der Waals surface area contributed by atoms with E-state index in [9.17, 15) is 4.79 Å². The number of carbonyl (C=O) groups excluding carboxylic acids is 1. The minimum Gasteiger partial charge on any atom is -0.299 e. The van der Waals surface area contributed by atoms with E-state index >= 15 is 0 Å². The van der Waals surface area contributed by atoms with Crippen LogP contribution in [0.25, 0.3) is 0 Å². The quantitative estimate of drug-likeness (QED) is 0.375. The summed E-state index contributed by atoms with van der Waals surface area (Å²) in [7, 11) is 0. The normalized spacial score (nSPS) is 43.1. The van der Waals surface area contributed by atoms with Crippen molar-refractivity contribution >= 4 is 5.78 Å². The monoisotopic (exact) mass is 424 g/mol. The van der Waals surface area contributed by atoms with Crippen molar-refractivity contribution in [2.24, 2.45) is 52.3 Å². The third-order valence-corrected chi connectivity index (χ3v) is 10.7. The Kier molecular flexibility index (Phi) is 6.64. The van der Waals surface area contributed by atoms with E-state index in [-0.39, 0.29) is 5.41 Å². The predicted octanol–water partition coefficient (Wildman–Crippen LogP) is 8.40. The van der Waals surface area contributed by atoms with Gasteiger partial charge < -0.3 is 0 Å². The van der Waals surface area contributed by atoms with Crippen LogP contribution < -0.4 is 0 Å². The highest BCUT2D eigenvalue weighted by Crippen LogP contribution is 2.68. The van der Waals surface area contributed by atoms with Crippen molar-refractivity contribution in [2.45, 2.75) is 105 Å². The summed E-state index contributed by atoms with van der Waals surface area (Å²) >= 11 is 0. The number of ketones is 1. The standard InChI is InChI=1S/C30H48O/c1-7-9-22-18-23-19-24(31)14-16-29(23,5)27-15-17-30(6)25(12-13-26(30)28(22)27)21(4)11-8-10-20(2)3/h7,18,20-22,25-28H,1,8-17,19H2,2-6H3/t21-,22+,25-,26+,27+,28+,29+,30-/m1/s1. The van der Waals surface area contributed by atoms with Crippen LogP contribution in [0.2, 0.25) is 0 Å². The zero-order valence-electron chi connectivity index (χ0n) is 21.1. The Bertz CT molecular complexity index is 716. The second kappa shape index (κ2) is 8.83. The van der Waals surface area contributed by atoms with Crippen LogP contribution in [0.15, 0.2) is 24.3 Å². The minimum atomic E-state index is 0.276. The fourth-order valence-electron chi connectivity index (χ4n) is 9.08. The zero-order chi connectivity index (χ0) is 22.4. The first kappa shape index (κ1) is 23.3. The highest BCUT2D eigenvalue weighted by Gasteiger charge is 2.60. The van der Waals surface area contributed by atoms with Gasteiger partial charge in [0.15, 0.2) is 0 Å². The maximum Gasteiger partial charge on any atom is 0.136 e. The van der Waals surface area contributed by atoms with Gasteiger partial charge in [-0.25, -0.2) is 0 Å². The first-order valence-corrected chi connectivity index (χ1v) is 13.5. The Balaban J connectivity index is 1.59. The van der Waals surface area contributed by atoms with Crippen LogP contribution in [0.5, 0.6) is 0 Å². The van der Waals surface area contributed by atoms with Crippen molar-refractivity contribution in [1.29, 1.82) is 0 Å². The van der Waals surface area contributed by atoms with Gasteiger partial charge in [-0.3, -0.25) is 4.79 Å². The summed E-state index contributed by atoms with van der Waals surface area (Å²) in [4.78, 5) is 12.3. The van der Waals surface area contributed by atoms with Gasteiger partial charge >= 0.3 is 0 Å². The Morgan fingerprint density at radius 1 is 1.10 bits per heavy atom. The summed E-state index contributed by atoms with van der Waals surface area (Å²) in [6, 6.07) is 0. The molecule has 0 aliphatic heterocycles. The van der Waals surface area contributed by atoms with Gasteiger partial charge in [-0.05, 0) is 90.8 Å². The molecule has 0 aromatic rings. The van der Waals surface area contributed by atoms with Crippen molar-refractivity contribution in [2.75, 3.05) is 0 Å². The average Bonchev–Trinajstić information content (AvgIpc) is 3.06. The first-order valence-electron chi connectivity index (χ1n) is 13.5. The number of allylic oxidation sites excluding steroid dienone is 3. The molecule has 3 saturated carbocycles. The lowest BCUT2D eigenvalue weighted by Gasteiger charge is -2.60.